The number of hydrogen-bond acceptors (Lipinski definition) is 0. The van der Waals surface area contributed by atoms with Crippen LogP contribution in [0.1, 0.15) is 60.0 Å². The van der Waals surface area contributed by atoms with Crippen molar-refractivity contribution in [1.29, 1.82) is 0 Å². The van der Waals surface area contributed by atoms with Crippen molar-refractivity contribution in [3.05, 3.63) is 165 Å². The minimum absolute atomic E-state index is 0. The first-order valence-electron chi connectivity index (χ1n) is 15.5. The molecule has 227 valence electrons. The van der Waals surface area contributed by atoms with Gasteiger partial charge >= 0.3 is 265 Å². The fourth-order valence-corrected chi connectivity index (χ4v) is 30.0. The summed E-state index contributed by atoms with van der Waals surface area (Å²) in [6, 6.07) is 42.9. The van der Waals surface area contributed by atoms with Crippen molar-refractivity contribution < 1.29 is 18.9 Å². The van der Waals surface area contributed by atoms with E-state index in [1.54, 1.807) is 22.3 Å². The molecule has 2 aliphatic rings. The Balaban J connectivity index is 0.00000200. The molecule has 0 aromatic heterocycles. The van der Waals surface area contributed by atoms with Crippen LogP contribution >= 0.6 is 24.8 Å². The molecule has 0 saturated heterocycles. The van der Waals surface area contributed by atoms with Crippen LogP contribution in [0, 0.1) is 13.8 Å². The maximum atomic E-state index is 2.56. The molecule has 0 spiro atoms. The minimum atomic E-state index is -3.26. The van der Waals surface area contributed by atoms with Crippen molar-refractivity contribution in [2.75, 3.05) is 0 Å². The summed E-state index contributed by atoms with van der Waals surface area (Å²) < 4.78 is 2.26. The first kappa shape index (κ1) is 33.6. The quantitative estimate of drug-likeness (QED) is 0.153. The van der Waals surface area contributed by atoms with E-state index in [1.165, 1.54) is 54.2 Å². The smallest absolute Gasteiger partial charge is 0.147 e. The minimum Gasteiger partial charge on any atom is -0.147 e. The zero-order valence-electron chi connectivity index (χ0n) is 26.5. The molecule has 0 amide bonds. The summed E-state index contributed by atoms with van der Waals surface area (Å²) in [5.74, 6) is 0. The van der Waals surface area contributed by atoms with Gasteiger partial charge in [-0.25, -0.2) is 0 Å². The second-order valence-corrected chi connectivity index (χ2v) is 30.3. The molecule has 2 aliphatic carbocycles. The molecule has 0 fully saturated rings. The first-order chi connectivity index (χ1) is 20.9. The van der Waals surface area contributed by atoms with Gasteiger partial charge in [-0.2, -0.15) is 0 Å². The first-order valence-corrected chi connectivity index (χ1v) is 26.0. The van der Waals surface area contributed by atoms with E-state index < -0.39 is 18.9 Å². The largest absolute Gasteiger partial charge is 0.147 e. The standard InChI is InChI=1S/2C17H15.C7H7.2ClH.H2Si.Zr/c2*1-12-10-16-13(2)8-9-15(17(16)11-12)14-6-4-3-5-7-14;1-7-5-3-2-4-6-7;;;;/h2*3-11H,1-2H3;2-6H,1H2;2*1H;1H2;. The van der Waals surface area contributed by atoms with Crippen molar-refractivity contribution in [3.8, 4) is 22.3 Å². The number of rotatable bonds is 6. The van der Waals surface area contributed by atoms with Crippen molar-refractivity contribution in [2.45, 2.75) is 39.1 Å². The Hall–Kier alpha value is -2.74. The van der Waals surface area contributed by atoms with E-state index in [4.69, 9.17) is 0 Å². The summed E-state index contributed by atoms with van der Waals surface area (Å²) in [5.41, 5.74) is 19.1. The molecule has 0 radical (unpaired) electrons. The van der Waals surface area contributed by atoms with Crippen LogP contribution in [-0.2, 0) is 23.0 Å². The molecule has 0 aliphatic heterocycles. The topological polar surface area (TPSA) is 0 Å². The molecule has 0 N–H and O–H groups in total. The normalized spacial score (nSPS) is 17.6. The number of allylic oxidation sites excluding steroid dienone is 2. The molecule has 0 heterocycles. The summed E-state index contributed by atoms with van der Waals surface area (Å²) in [6.07, 6.45) is 5.12. The molecule has 5 aromatic rings. The number of hydrogen-bond donors (Lipinski definition) is 0. The predicted molar refractivity (Wildman–Crippen MR) is 199 cm³/mol. The van der Waals surface area contributed by atoms with Gasteiger partial charge < -0.3 is 0 Å². The molecule has 0 nitrogen and oxygen atoms in total. The van der Waals surface area contributed by atoms with Crippen molar-refractivity contribution in [2.24, 2.45) is 0 Å². The van der Waals surface area contributed by atoms with Crippen LogP contribution in [0.25, 0.3) is 34.4 Å². The molecule has 4 heteroatoms. The van der Waals surface area contributed by atoms with E-state index in [0.717, 1.165) is 0 Å². The van der Waals surface area contributed by atoms with Gasteiger partial charge in [-0.05, 0) is 0 Å². The van der Waals surface area contributed by atoms with E-state index in [2.05, 4.69) is 162 Å². The summed E-state index contributed by atoms with van der Waals surface area (Å²) in [4.78, 5) is 0. The van der Waals surface area contributed by atoms with E-state index in [0.29, 0.717) is 7.25 Å². The monoisotopic (exact) mass is 721 g/mol. The molecular formula is C41H41Cl2SiZr. The molecule has 2 atom stereocenters. The Labute approximate surface area is 287 Å². The fraction of sp³-hybridized carbons (Fsp3) is 0.171. The average molecular weight is 724 g/mol. The molecular weight excluding hydrogens is 683 g/mol. The van der Waals surface area contributed by atoms with E-state index in [-0.39, 0.29) is 24.8 Å². The van der Waals surface area contributed by atoms with E-state index in [9.17, 15) is 0 Å². The van der Waals surface area contributed by atoms with Crippen molar-refractivity contribution in [1.82, 2.24) is 0 Å². The second-order valence-electron chi connectivity index (χ2n) is 12.8. The summed E-state index contributed by atoms with van der Waals surface area (Å²) in [7, 11) is 0. The zero-order chi connectivity index (χ0) is 29.7. The second kappa shape index (κ2) is 13.5. The molecule has 0 bridgehead atoms. The van der Waals surface area contributed by atoms with Crippen LogP contribution in [0.2, 0.25) is 0 Å². The van der Waals surface area contributed by atoms with Crippen LogP contribution in [0.3, 0.4) is 0 Å². The summed E-state index contributed by atoms with van der Waals surface area (Å²) in [5, 5.41) is 0. The van der Waals surface area contributed by atoms with Crippen molar-refractivity contribution >= 4 is 43.8 Å². The number of aryl methyl sites for hydroxylation is 2. The Morgan fingerprint density at radius 1 is 0.511 bits per heavy atom. The Morgan fingerprint density at radius 3 is 1.29 bits per heavy atom. The van der Waals surface area contributed by atoms with Gasteiger partial charge in [-0.1, -0.05) is 0 Å². The SMILES string of the molecule is CC1=Cc2c(-c3ccccc3)ccc(C)c2[CH]1[Zr](=[SiH2])([CH2]c1ccccc1)[CH]1C(C)=Cc2c(-c3ccccc3)ccc(C)c21.Cl.Cl. The van der Waals surface area contributed by atoms with Gasteiger partial charge in [0.25, 0.3) is 0 Å². The van der Waals surface area contributed by atoms with Crippen LogP contribution in [0.15, 0.2) is 126 Å². The maximum absolute atomic E-state index is 3.26. The fourth-order valence-electron chi connectivity index (χ4n) is 8.21. The number of halogens is 2. The zero-order valence-corrected chi connectivity index (χ0v) is 32.0. The van der Waals surface area contributed by atoms with Crippen molar-refractivity contribution in [3.63, 3.8) is 0 Å². The van der Waals surface area contributed by atoms with Gasteiger partial charge in [-0.3, -0.25) is 0 Å². The summed E-state index contributed by atoms with van der Waals surface area (Å²) >= 11 is -3.26. The van der Waals surface area contributed by atoms with Gasteiger partial charge in [-0.15, -0.1) is 24.8 Å². The van der Waals surface area contributed by atoms with Crippen LogP contribution in [0.4, 0.5) is 0 Å². The maximum Gasteiger partial charge on any atom is -0.147 e. The van der Waals surface area contributed by atoms with Crippen LogP contribution in [-0.4, -0.2) is 6.88 Å². The van der Waals surface area contributed by atoms with Gasteiger partial charge in [0, 0.05) is 0 Å². The summed E-state index contributed by atoms with van der Waals surface area (Å²) in [6.45, 7) is 12.1. The Bertz CT molecular complexity index is 1840. The molecule has 0 saturated carbocycles. The van der Waals surface area contributed by atoms with Gasteiger partial charge in [0.2, 0.25) is 0 Å². The van der Waals surface area contributed by atoms with Crippen LogP contribution < -0.4 is 0 Å². The Kier molecular flexibility index (Phi) is 10.1. The molecule has 5 aromatic carbocycles. The third kappa shape index (κ3) is 5.85. The predicted octanol–water partition coefficient (Wildman–Crippen LogP) is 11.0. The third-order valence-corrected chi connectivity index (χ3v) is 28.2. The van der Waals surface area contributed by atoms with Gasteiger partial charge in [0.1, 0.15) is 0 Å². The van der Waals surface area contributed by atoms with E-state index in [1.807, 2.05) is 0 Å². The van der Waals surface area contributed by atoms with E-state index >= 15 is 0 Å². The number of fused-ring (bicyclic) bond motifs is 2. The van der Waals surface area contributed by atoms with Gasteiger partial charge in [0.15, 0.2) is 0 Å². The molecule has 45 heavy (non-hydrogen) atoms. The van der Waals surface area contributed by atoms with Crippen LogP contribution in [0.5, 0.6) is 0 Å². The number of benzene rings is 5. The average Bonchev–Trinajstić information content (AvgIpc) is 3.57. The molecule has 2 unspecified atom stereocenters. The third-order valence-electron chi connectivity index (χ3n) is 9.94. The Morgan fingerprint density at radius 2 is 0.889 bits per heavy atom. The van der Waals surface area contributed by atoms with Gasteiger partial charge in [0.05, 0.1) is 0 Å². The molecule has 7 rings (SSSR count).